The van der Waals surface area contributed by atoms with Gasteiger partial charge in [0, 0.05) is 27.2 Å². The third kappa shape index (κ3) is 1.74. The van der Waals surface area contributed by atoms with E-state index in [1.807, 2.05) is 0 Å². The number of methoxy groups -OCH3 is 1. The van der Waals surface area contributed by atoms with Crippen LogP contribution >= 0.6 is 15.9 Å². The highest BCUT2D eigenvalue weighted by Crippen LogP contribution is 2.57. The van der Waals surface area contributed by atoms with Crippen LogP contribution in [0.15, 0.2) is 16.7 Å². The molecule has 0 aromatic carbocycles. The van der Waals surface area contributed by atoms with E-state index in [9.17, 15) is 0 Å². The van der Waals surface area contributed by atoms with Crippen molar-refractivity contribution in [2.75, 3.05) is 7.11 Å². The van der Waals surface area contributed by atoms with Gasteiger partial charge in [-0.3, -0.25) is 0 Å². The van der Waals surface area contributed by atoms with E-state index < -0.39 is 0 Å². The molecule has 1 aliphatic carbocycles. The maximum atomic E-state index is 6.28. The minimum absolute atomic E-state index is 0.0229. The second-order valence-corrected chi connectivity index (χ2v) is 5.93. The van der Waals surface area contributed by atoms with E-state index in [-0.39, 0.29) is 11.0 Å². The van der Waals surface area contributed by atoms with Crippen LogP contribution in [-0.4, -0.2) is 17.6 Å². The summed E-state index contributed by atoms with van der Waals surface area (Å²) in [4.78, 5) is 4.29. The molecule has 2 rings (SSSR count). The van der Waals surface area contributed by atoms with Crippen molar-refractivity contribution >= 4 is 15.9 Å². The van der Waals surface area contributed by atoms with Crippen LogP contribution in [-0.2, 0) is 5.41 Å². The number of nitrogens with zero attached hydrogens (tertiary/aromatic N) is 1. The highest BCUT2D eigenvalue weighted by molar-refractivity contribution is 9.10. The van der Waals surface area contributed by atoms with Crippen LogP contribution in [0.2, 0.25) is 0 Å². The van der Waals surface area contributed by atoms with Gasteiger partial charge in [0.1, 0.15) is 0 Å². The summed E-state index contributed by atoms with van der Waals surface area (Å²) >= 11 is 3.45. The monoisotopic (exact) mass is 284 g/mol. The van der Waals surface area contributed by atoms with Gasteiger partial charge < -0.3 is 10.5 Å². The first-order chi connectivity index (χ1) is 7.40. The molecule has 1 heterocycles. The maximum Gasteiger partial charge on any atom is 0.216 e. The molecule has 1 aliphatic rings. The van der Waals surface area contributed by atoms with Crippen LogP contribution in [0.3, 0.4) is 0 Å². The lowest BCUT2D eigenvalue weighted by atomic mass is 9.79. The molecule has 4 heteroatoms. The Balaban J connectivity index is 2.51. The zero-order chi connectivity index (χ0) is 12.0. The van der Waals surface area contributed by atoms with Gasteiger partial charge in [-0.15, -0.1) is 0 Å². The smallest absolute Gasteiger partial charge is 0.216 e. The van der Waals surface area contributed by atoms with Crippen LogP contribution in [0.1, 0.15) is 32.3 Å². The van der Waals surface area contributed by atoms with Crippen LogP contribution in [0.5, 0.6) is 5.88 Å². The normalized spacial score (nSPS) is 18.3. The Morgan fingerprint density at radius 3 is 2.56 bits per heavy atom. The van der Waals surface area contributed by atoms with Crippen molar-refractivity contribution in [3.8, 4) is 5.88 Å². The molecule has 0 bridgehead atoms. The van der Waals surface area contributed by atoms with Crippen LogP contribution < -0.4 is 10.5 Å². The third-order valence-electron chi connectivity index (χ3n) is 3.51. The molecule has 1 fully saturated rings. The maximum absolute atomic E-state index is 6.28. The van der Waals surface area contributed by atoms with E-state index in [4.69, 9.17) is 10.5 Å². The number of rotatable bonds is 3. The summed E-state index contributed by atoms with van der Waals surface area (Å²) in [6, 6.07) is 2.08. The van der Waals surface area contributed by atoms with E-state index in [1.54, 1.807) is 13.3 Å². The summed E-state index contributed by atoms with van der Waals surface area (Å²) in [6.45, 7) is 4.14. The number of halogens is 1. The van der Waals surface area contributed by atoms with Crippen LogP contribution in [0, 0.1) is 0 Å². The third-order valence-corrected chi connectivity index (χ3v) is 3.94. The lowest BCUT2D eigenvalue weighted by molar-refractivity contribution is 0.350. The van der Waals surface area contributed by atoms with E-state index in [2.05, 4.69) is 40.8 Å². The largest absolute Gasteiger partial charge is 0.481 e. The van der Waals surface area contributed by atoms with Crippen LogP contribution in [0.4, 0.5) is 0 Å². The van der Waals surface area contributed by atoms with Gasteiger partial charge in [-0.25, -0.2) is 4.98 Å². The van der Waals surface area contributed by atoms with E-state index in [1.165, 1.54) is 0 Å². The second-order valence-electron chi connectivity index (χ2n) is 5.01. The van der Waals surface area contributed by atoms with E-state index in [0.29, 0.717) is 5.88 Å². The van der Waals surface area contributed by atoms with Crippen molar-refractivity contribution in [1.82, 2.24) is 4.98 Å². The molecule has 0 aliphatic heterocycles. The number of nitrogens with two attached hydrogens (primary N) is 1. The first kappa shape index (κ1) is 11.9. The minimum Gasteiger partial charge on any atom is -0.481 e. The average molecular weight is 285 g/mol. The molecule has 0 radical (unpaired) electrons. The Morgan fingerprint density at radius 2 is 2.12 bits per heavy atom. The molecule has 1 aromatic heterocycles. The number of ether oxygens (including phenoxy) is 1. The molecule has 0 spiro atoms. The molecule has 0 amide bonds. The van der Waals surface area contributed by atoms with Crippen molar-refractivity contribution in [2.45, 2.75) is 37.6 Å². The Bertz CT molecular complexity index is 408. The number of hydrogen-bond acceptors (Lipinski definition) is 3. The Labute approximate surface area is 105 Å². The van der Waals surface area contributed by atoms with Crippen molar-refractivity contribution < 1.29 is 4.74 Å². The molecule has 16 heavy (non-hydrogen) atoms. The molecule has 0 atom stereocenters. The molecule has 88 valence electrons. The SMILES string of the molecule is COc1ncc(Br)cc1C1(C(C)(C)N)CC1. The van der Waals surface area contributed by atoms with Gasteiger partial charge in [-0.05, 0) is 48.7 Å². The summed E-state index contributed by atoms with van der Waals surface area (Å²) in [7, 11) is 1.65. The summed E-state index contributed by atoms with van der Waals surface area (Å²) in [6.07, 6.45) is 3.96. The first-order valence-corrected chi connectivity index (χ1v) is 6.19. The molecular formula is C12H17BrN2O. The minimum atomic E-state index is -0.247. The predicted octanol–water partition coefficient (Wildman–Crippen LogP) is 2.62. The van der Waals surface area contributed by atoms with E-state index in [0.717, 1.165) is 22.9 Å². The summed E-state index contributed by atoms with van der Waals surface area (Å²) < 4.78 is 6.31. The predicted molar refractivity (Wildman–Crippen MR) is 67.7 cm³/mol. The fourth-order valence-corrected chi connectivity index (χ4v) is 2.65. The van der Waals surface area contributed by atoms with Gasteiger partial charge in [0.2, 0.25) is 5.88 Å². The molecule has 0 unspecified atom stereocenters. The second kappa shape index (κ2) is 3.70. The molecule has 1 saturated carbocycles. The van der Waals surface area contributed by atoms with Crippen molar-refractivity contribution in [3.63, 3.8) is 0 Å². The standard InChI is InChI=1S/C12H17BrN2O/c1-11(2,14)12(4-5-12)9-6-8(13)7-15-10(9)16-3/h6-7H,4-5,14H2,1-3H3. The Hall–Kier alpha value is -0.610. The number of aromatic nitrogens is 1. The quantitative estimate of drug-likeness (QED) is 0.928. The van der Waals surface area contributed by atoms with Gasteiger partial charge in [-0.2, -0.15) is 0 Å². The molecule has 3 nitrogen and oxygen atoms in total. The van der Waals surface area contributed by atoms with Crippen LogP contribution in [0.25, 0.3) is 0 Å². The summed E-state index contributed by atoms with van der Waals surface area (Å²) in [5.41, 5.74) is 7.18. The highest BCUT2D eigenvalue weighted by atomic mass is 79.9. The molecule has 1 aromatic rings. The molecular weight excluding hydrogens is 268 g/mol. The lowest BCUT2D eigenvalue weighted by Gasteiger charge is -2.31. The first-order valence-electron chi connectivity index (χ1n) is 5.39. The number of pyridine rings is 1. The van der Waals surface area contributed by atoms with Crippen molar-refractivity contribution in [1.29, 1.82) is 0 Å². The zero-order valence-corrected chi connectivity index (χ0v) is 11.5. The lowest BCUT2D eigenvalue weighted by Crippen LogP contribution is -2.45. The molecule has 0 saturated heterocycles. The van der Waals surface area contributed by atoms with Gasteiger partial charge in [0.05, 0.1) is 7.11 Å². The van der Waals surface area contributed by atoms with Gasteiger partial charge in [0.25, 0.3) is 0 Å². The summed E-state index contributed by atoms with van der Waals surface area (Å²) in [5.74, 6) is 0.694. The van der Waals surface area contributed by atoms with Crippen molar-refractivity contribution in [3.05, 3.63) is 22.3 Å². The Morgan fingerprint density at radius 1 is 1.50 bits per heavy atom. The van der Waals surface area contributed by atoms with Gasteiger partial charge in [-0.1, -0.05) is 0 Å². The fraction of sp³-hybridized carbons (Fsp3) is 0.583. The zero-order valence-electron chi connectivity index (χ0n) is 9.88. The van der Waals surface area contributed by atoms with Gasteiger partial charge >= 0.3 is 0 Å². The van der Waals surface area contributed by atoms with E-state index >= 15 is 0 Å². The summed E-state index contributed by atoms with van der Waals surface area (Å²) in [5, 5.41) is 0. The van der Waals surface area contributed by atoms with Crippen molar-refractivity contribution in [2.24, 2.45) is 5.73 Å². The average Bonchev–Trinajstić information content (AvgIpc) is 2.97. The Kier molecular flexibility index (Phi) is 2.75. The number of hydrogen-bond donors (Lipinski definition) is 1. The fourth-order valence-electron chi connectivity index (χ4n) is 2.32. The van der Waals surface area contributed by atoms with Gasteiger partial charge in [0.15, 0.2) is 0 Å². The molecule has 2 N–H and O–H groups in total. The topological polar surface area (TPSA) is 48.1 Å². The highest BCUT2D eigenvalue weighted by Gasteiger charge is 2.55.